The Kier molecular flexibility index (Phi) is 1.67. The molecule has 2 nitrogen and oxygen atoms in total. The highest BCUT2D eigenvalue weighted by atomic mass is 19.1. The molecule has 0 bridgehead atoms. The lowest BCUT2D eigenvalue weighted by molar-refractivity contribution is 0.632. The summed E-state index contributed by atoms with van der Waals surface area (Å²) in [6.45, 7) is 0. The molecule has 1 aromatic rings. The van der Waals surface area contributed by atoms with Gasteiger partial charge in [-0.05, 0) is 6.07 Å². The molecule has 1 rings (SSSR count). The van der Waals surface area contributed by atoms with Crippen molar-refractivity contribution in [3.05, 3.63) is 29.6 Å². The first kappa shape index (κ1) is 6.74. The zero-order valence-corrected chi connectivity index (χ0v) is 5.26. The van der Waals surface area contributed by atoms with Gasteiger partial charge in [0, 0.05) is 13.2 Å². The van der Waals surface area contributed by atoms with Crippen molar-refractivity contribution in [2.24, 2.45) is 0 Å². The number of rotatable bonds is 1. The maximum Gasteiger partial charge on any atom is 0.146 e. The molecule has 10 heavy (non-hydrogen) atoms. The van der Waals surface area contributed by atoms with Crippen molar-refractivity contribution in [1.29, 1.82) is 5.41 Å². The van der Waals surface area contributed by atoms with Gasteiger partial charge < -0.3 is 11.1 Å². The zero-order valence-electron chi connectivity index (χ0n) is 5.26. The number of benzene rings is 1. The normalized spacial score (nSPS) is 9.30. The molecule has 0 heterocycles. The number of hydrogen-bond donors (Lipinski definition) is 2. The van der Waals surface area contributed by atoms with Crippen LogP contribution in [0.5, 0.6) is 0 Å². The molecule has 0 spiro atoms. The van der Waals surface area contributed by atoms with Gasteiger partial charge in [0.2, 0.25) is 0 Å². The van der Waals surface area contributed by atoms with E-state index in [1.165, 1.54) is 12.1 Å². The Bertz CT molecular complexity index is 263. The van der Waals surface area contributed by atoms with Gasteiger partial charge in [-0.15, -0.1) is 0 Å². The maximum atomic E-state index is 12.5. The molecule has 54 valence electrons. The molecule has 0 saturated carbocycles. The second-order valence-corrected chi connectivity index (χ2v) is 1.89. The van der Waals surface area contributed by atoms with Gasteiger partial charge in [0.25, 0.3) is 0 Å². The lowest BCUT2D eigenvalue weighted by Crippen LogP contribution is -1.95. The fourth-order valence-electron chi connectivity index (χ4n) is 0.680. The van der Waals surface area contributed by atoms with Crippen LogP contribution in [-0.4, -0.2) is 6.21 Å². The molecular formula is C7H9FN2. The smallest absolute Gasteiger partial charge is 0.146 e. The number of nitrogens with two attached hydrogens (primary N) is 1. The van der Waals surface area contributed by atoms with Gasteiger partial charge >= 0.3 is 0 Å². The van der Waals surface area contributed by atoms with Gasteiger partial charge in [-0.25, -0.2) is 4.39 Å². The standard InChI is InChI=1S/C7H7FN2.H2/c8-6-3-1-2-5(4-9)7(6)10;/h1-4,9H,10H2;1H. The summed E-state index contributed by atoms with van der Waals surface area (Å²) in [6, 6.07) is 4.37. The summed E-state index contributed by atoms with van der Waals surface area (Å²) in [7, 11) is 0. The number of para-hydroxylation sites is 1. The highest BCUT2D eigenvalue weighted by Gasteiger charge is 1.99. The summed E-state index contributed by atoms with van der Waals surface area (Å²) < 4.78 is 12.5. The van der Waals surface area contributed by atoms with Crippen LogP contribution in [0.4, 0.5) is 10.1 Å². The predicted octanol–water partition coefficient (Wildman–Crippen LogP) is 1.65. The number of hydrogen-bond acceptors (Lipinski definition) is 2. The van der Waals surface area contributed by atoms with Gasteiger partial charge in [-0.2, -0.15) is 0 Å². The summed E-state index contributed by atoms with van der Waals surface area (Å²) in [5, 5.41) is 6.81. The molecule has 3 heteroatoms. The first-order valence-electron chi connectivity index (χ1n) is 2.80. The third kappa shape index (κ3) is 0.978. The highest BCUT2D eigenvalue weighted by molar-refractivity contribution is 5.84. The molecule has 0 unspecified atom stereocenters. The van der Waals surface area contributed by atoms with Crippen LogP contribution in [0.15, 0.2) is 18.2 Å². The average molecular weight is 140 g/mol. The Morgan fingerprint density at radius 3 is 2.80 bits per heavy atom. The summed E-state index contributed by atoms with van der Waals surface area (Å²) in [6.07, 6.45) is 1.03. The number of halogens is 1. The second-order valence-electron chi connectivity index (χ2n) is 1.89. The van der Waals surface area contributed by atoms with E-state index in [9.17, 15) is 4.39 Å². The van der Waals surface area contributed by atoms with Crippen molar-refractivity contribution >= 4 is 11.9 Å². The fourth-order valence-corrected chi connectivity index (χ4v) is 0.680. The third-order valence-corrected chi connectivity index (χ3v) is 1.24. The van der Waals surface area contributed by atoms with E-state index in [-0.39, 0.29) is 7.11 Å². The zero-order chi connectivity index (χ0) is 7.56. The molecule has 0 aliphatic rings. The summed E-state index contributed by atoms with van der Waals surface area (Å²) >= 11 is 0. The van der Waals surface area contributed by atoms with Crippen LogP contribution < -0.4 is 5.73 Å². The largest absolute Gasteiger partial charge is 0.396 e. The Labute approximate surface area is 59.5 Å². The van der Waals surface area contributed by atoms with Crippen LogP contribution in [0.2, 0.25) is 0 Å². The Morgan fingerprint density at radius 1 is 1.60 bits per heavy atom. The summed E-state index contributed by atoms with van der Waals surface area (Å²) in [5.74, 6) is -0.471. The fraction of sp³-hybridized carbons (Fsp3) is 0. The van der Waals surface area contributed by atoms with Gasteiger partial charge in [-0.1, -0.05) is 12.1 Å². The molecule has 0 amide bonds. The van der Waals surface area contributed by atoms with Gasteiger partial charge in [-0.3, -0.25) is 0 Å². The quantitative estimate of drug-likeness (QED) is 0.452. The number of anilines is 1. The van der Waals surface area contributed by atoms with E-state index in [0.29, 0.717) is 5.56 Å². The third-order valence-electron chi connectivity index (χ3n) is 1.24. The Hall–Kier alpha value is -1.38. The molecule has 0 aromatic heterocycles. The average Bonchev–Trinajstić information content (AvgIpc) is 1.95. The SMILES string of the molecule is N=Cc1cccc(F)c1N.[HH]. The molecule has 3 N–H and O–H groups in total. The summed E-state index contributed by atoms with van der Waals surface area (Å²) in [4.78, 5) is 0. The monoisotopic (exact) mass is 140 g/mol. The van der Waals surface area contributed by atoms with Crippen LogP contribution in [-0.2, 0) is 0 Å². The summed E-state index contributed by atoms with van der Waals surface area (Å²) in [5.41, 5.74) is 5.72. The van der Waals surface area contributed by atoms with Crippen LogP contribution in [0.3, 0.4) is 0 Å². The molecular weight excluding hydrogens is 131 g/mol. The van der Waals surface area contributed by atoms with E-state index in [4.69, 9.17) is 11.1 Å². The molecule has 0 radical (unpaired) electrons. The maximum absolute atomic E-state index is 12.5. The lowest BCUT2D eigenvalue weighted by Gasteiger charge is -1.97. The van der Waals surface area contributed by atoms with Crippen molar-refractivity contribution in [3.8, 4) is 0 Å². The van der Waals surface area contributed by atoms with Crippen LogP contribution in [0, 0.1) is 11.2 Å². The Balaban J connectivity index is 0.000001000. The van der Waals surface area contributed by atoms with Crippen molar-refractivity contribution in [3.63, 3.8) is 0 Å². The molecule has 0 fully saturated rings. The lowest BCUT2D eigenvalue weighted by atomic mass is 10.2. The molecule has 0 aliphatic carbocycles. The Morgan fingerprint density at radius 2 is 2.30 bits per heavy atom. The minimum Gasteiger partial charge on any atom is -0.396 e. The molecule has 0 saturated heterocycles. The van der Waals surface area contributed by atoms with Crippen molar-refractivity contribution in [2.45, 2.75) is 0 Å². The first-order valence-corrected chi connectivity index (χ1v) is 2.80. The van der Waals surface area contributed by atoms with E-state index < -0.39 is 5.82 Å². The minimum atomic E-state index is -0.471. The molecule has 0 aliphatic heterocycles. The first-order chi connectivity index (χ1) is 4.75. The highest BCUT2D eigenvalue weighted by Crippen LogP contribution is 2.12. The number of nitrogens with one attached hydrogen (secondary N) is 1. The van der Waals surface area contributed by atoms with E-state index in [1.54, 1.807) is 6.07 Å². The van der Waals surface area contributed by atoms with Gasteiger partial charge in [0.05, 0.1) is 5.69 Å². The van der Waals surface area contributed by atoms with Crippen LogP contribution in [0.1, 0.15) is 6.99 Å². The minimum absolute atomic E-state index is 0. The van der Waals surface area contributed by atoms with E-state index in [2.05, 4.69) is 0 Å². The topological polar surface area (TPSA) is 49.9 Å². The van der Waals surface area contributed by atoms with E-state index in [1.807, 2.05) is 0 Å². The van der Waals surface area contributed by atoms with E-state index in [0.717, 1.165) is 6.21 Å². The van der Waals surface area contributed by atoms with Crippen molar-refractivity contribution in [1.82, 2.24) is 0 Å². The van der Waals surface area contributed by atoms with Crippen molar-refractivity contribution in [2.75, 3.05) is 5.73 Å². The molecule has 0 atom stereocenters. The van der Waals surface area contributed by atoms with Gasteiger partial charge in [0.1, 0.15) is 5.82 Å². The van der Waals surface area contributed by atoms with Crippen LogP contribution >= 0.6 is 0 Å². The van der Waals surface area contributed by atoms with E-state index >= 15 is 0 Å². The number of nitrogen functional groups attached to an aromatic ring is 1. The second kappa shape index (κ2) is 2.47. The van der Waals surface area contributed by atoms with Crippen molar-refractivity contribution < 1.29 is 5.82 Å². The van der Waals surface area contributed by atoms with Crippen LogP contribution in [0.25, 0.3) is 0 Å². The predicted molar refractivity (Wildman–Crippen MR) is 40.8 cm³/mol. The molecule has 1 aromatic carbocycles. The van der Waals surface area contributed by atoms with Gasteiger partial charge in [0.15, 0.2) is 0 Å².